The smallest absolute Gasteiger partial charge is 0.226 e. The molecule has 0 radical (unpaired) electrons. The molecule has 5 heteroatoms. The molecule has 1 aliphatic rings. The van der Waals surface area contributed by atoms with E-state index in [1.54, 1.807) is 12.1 Å². The highest BCUT2D eigenvalue weighted by molar-refractivity contribution is 5.97. The van der Waals surface area contributed by atoms with Gasteiger partial charge in [0.2, 0.25) is 5.91 Å². The number of hydrogen-bond donors (Lipinski definition) is 2. The highest BCUT2D eigenvalue weighted by Crippen LogP contribution is 2.23. The Labute approximate surface area is 125 Å². The van der Waals surface area contributed by atoms with Gasteiger partial charge in [0, 0.05) is 18.7 Å². The van der Waals surface area contributed by atoms with Crippen molar-refractivity contribution in [1.82, 2.24) is 4.90 Å². The first-order valence-electron chi connectivity index (χ1n) is 7.36. The molecule has 2 rings (SSSR count). The summed E-state index contributed by atoms with van der Waals surface area (Å²) in [6, 6.07) is 7.22. The second-order valence-electron chi connectivity index (χ2n) is 5.94. The van der Waals surface area contributed by atoms with Crippen LogP contribution in [0.25, 0.3) is 0 Å². The first-order valence-corrected chi connectivity index (χ1v) is 7.36. The molecule has 114 valence electrons. The highest BCUT2D eigenvalue weighted by atomic mass is 16.4. The molecule has 5 nitrogen and oxygen atoms in total. The van der Waals surface area contributed by atoms with Crippen LogP contribution in [0, 0.1) is 11.8 Å². The summed E-state index contributed by atoms with van der Waals surface area (Å²) in [5.74, 6) is 1.50. The van der Waals surface area contributed by atoms with Crippen LogP contribution in [0.5, 0.6) is 0 Å². The number of hydrogen-bond acceptors (Lipinski definition) is 3. The van der Waals surface area contributed by atoms with Gasteiger partial charge >= 0.3 is 0 Å². The van der Waals surface area contributed by atoms with E-state index in [9.17, 15) is 4.79 Å². The van der Waals surface area contributed by atoms with Gasteiger partial charge in [-0.05, 0) is 23.8 Å². The molecule has 0 aromatic heterocycles. The number of likely N-dealkylation sites (tertiary alicyclic amines) is 1. The Morgan fingerprint density at radius 3 is 2.57 bits per heavy atom. The quantitative estimate of drug-likeness (QED) is 0.385. The minimum Gasteiger partial charge on any atom is -0.409 e. The largest absolute Gasteiger partial charge is 0.409 e. The number of nitrogens with two attached hydrogens (primary N) is 1. The van der Waals surface area contributed by atoms with Crippen LogP contribution in [0.1, 0.15) is 31.4 Å². The summed E-state index contributed by atoms with van der Waals surface area (Å²) in [4.78, 5) is 14.3. The maximum absolute atomic E-state index is 12.3. The number of amidine groups is 1. The minimum absolute atomic E-state index is 0.0757. The Bertz CT molecular complexity index is 525. The van der Waals surface area contributed by atoms with E-state index in [1.807, 2.05) is 17.0 Å². The average molecular weight is 289 g/mol. The summed E-state index contributed by atoms with van der Waals surface area (Å²) in [6.45, 7) is 6.16. The van der Waals surface area contributed by atoms with Crippen LogP contribution in [0.15, 0.2) is 29.4 Å². The molecule has 1 aromatic rings. The SMILES string of the molecule is CC1CCN(C(=O)Cc2ccc(/C(N)=N/O)cc2)CC1C. The molecular formula is C16H23N3O2. The zero-order valence-corrected chi connectivity index (χ0v) is 12.6. The lowest BCUT2D eigenvalue weighted by molar-refractivity contribution is -0.132. The Hall–Kier alpha value is -2.04. The van der Waals surface area contributed by atoms with Crippen molar-refractivity contribution in [2.24, 2.45) is 22.7 Å². The zero-order chi connectivity index (χ0) is 15.4. The Balaban J connectivity index is 1.97. The number of carbonyl (C=O) groups is 1. The van der Waals surface area contributed by atoms with E-state index in [4.69, 9.17) is 10.9 Å². The molecule has 1 heterocycles. The monoisotopic (exact) mass is 289 g/mol. The van der Waals surface area contributed by atoms with Gasteiger partial charge in [0.25, 0.3) is 0 Å². The van der Waals surface area contributed by atoms with Gasteiger partial charge in [-0.3, -0.25) is 4.79 Å². The van der Waals surface area contributed by atoms with Gasteiger partial charge in [-0.15, -0.1) is 0 Å². The fourth-order valence-corrected chi connectivity index (χ4v) is 2.63. The third-order valence-corrected chi connectivity index (χ3v) is 4.40. The van der Waals surface area contributed by atoms with E-state index in [2.05, 4.69) is 19.0 Å². The average Bonchev–Trinajstić information content (AvgIpc) is 2.50. The van der Waals surface area contributed by atoms with E-state index >= 15 is 0 Å². The van der Waals surface area contributed by atoms with Crippen molar-refractivity contribution in [3.63, 3.8) is 0 Å². The van der Waals surface area contributed by atoms with Crippen molar-refractivity contribution in [2.75, 3.05) is 13.1 Å². The van der Waals surface area contributed by atoms with Crippen molar-refractivity contribution in [1.29, 1.82) is 0 Å². The standard InChI is InChI=1S/C16H23N3O2/c1-11-7-8-19(10-12(11)2)15(20)9-13-3-5-14(6-4-13)16(17)18-21/h3-6,11-12,21H,7-10H2,1-2H3,(H2,17,18). The normalized spacial score (nSPS) is 23.1. The van der Waals surface area contributed by atoms with Crippen LogP contribution in [0.2, 0.25) is 0 Å². The Morgan fingerprint density at radius 2 is 2.00 bits per heavy atom. The van der Waals surface area contributed by atoms with Gasteiger partial charge in [-0.1, -0.05) is 43.3 Å². The Kier molecular flexibility index (Phi) is 4.83. The Morgan fingerprint density at radius 1 is 1.33 bits per heavy atom. The van der Waals surface area contributed by atoms with Crippen LogP contribution in [-0.4, -0.2) is 34.9 Å². The van der Waals surface area contributed by atoms with Crippen LogP contribution in [-0.2, 0) is 11.2 Å². The molecule has 1 saturated heterocycles. The van der Waals surface area contributed by atoms with E-state index < -0.39 is 0 Å². The number of benzene rings is 1. The van der Waals surface area contributed by atoms with Gasteiger partial charge in [0.15, 0.2) is 5.84 Å². The summed E-state index contributed by atoms with van der Waals surface area (Å²) in [5.41, 5.74) is 7.11. The van der Waals surface area contributed by atoms with Gasteiger partial charge in [0.05, 0.1) is 6.42 Å². The second-order valence-corrected chi connectivity index (χ2v) is 5.94. The topological polar surface area (TPSA) is 78.9 Å². The number of oxime groups is 1. The molecule has 0 saturated carbocycles. The fraction of sp³-hybridized carbons (Fsp3) is 0.500. The molecule has 1 aromatic carbocycles. The van der Waals surface area contributed by atoms with Gasteiger partial charge in [-0.25, -0.2) is 0 Å². The molecular weight excluding hydrogens is 266 g/mol. The second kappa shape index (κ2) is 6.61. The van der Waals surface area contributed by atoms with Crippen molar-refractivity contribution in [2.45, 2.75) is 26.7 Å². The minimum atomic E-state index is 0.0757. The number of rotatable bonds is 3. The summed E-state index contributed by atoms with van der Waals surface area (Å²) in [6.07, 6.45) is 1.48. The van der Waals surface area contributed by atoms with Crippen LogP contribution < -0.4 is 5.73 Å². The predicted molar refractivity (Wildman–Crippen MR) is 82.2 cm³/mol. The van der Waals surface area contributed by atoms with Crippen molar-refractivity contribution in [3.05, 3.63) is 35.4 Å². The molecule has 3 N–H and O–H groups in total. The van der Waals surface area contributed by atoms with E-state index in [-0.39, 0.29) is 11.7 Å². The molecule has 1 amide bonds. The lowest BCUT2D eigenvalue weighted by atomic mass is 9.88. The summed E-state index contributed by atoms with van der Waals surface area (Å²) in [7, 11) is 0. The van der Waals surface area contributed by atoms with E-state index in [1.165, 1.54) is 0 Å². The molecule has 0 aliphatic carbocycles. The molecule has 2 unspecified atom stereocenters. The summed E-state index contributed by atoms with van der Waals surface area (Å²) >= 11 is 0. The predicted octanol–water partition coefficient (Wildman–Crippen LogP) is 1.83. The number of piperidine rings is 1. The number of amides is 1. The van der Waals surface area contributed by atoms with Gasteiger partial charge < -0.3 is 15.8 Å². The summed E-state index contributed by atoms with van der Waals surface area (Å²) in [5, 5.41) is 11.6. The van der Waals surface area contributed by atoms with Gasteiger partial charge in [0.1, 0.15) is 0 Å². The van der Waals surface area contributed by atoms with E-state index in [0.29, 0.717) is 23.8 Å². The first-order chi connectivity index (χ1) is 10.0. The fourth-order valence-electron chi connectivity index (χ4n) is 2.63. The maximum Gasteiger partial charge on any atom is 0.226 e. The molecule has 0 spiro atoms. The molecule has 1 aliphatic heterocycles. The third-order valence-electron chi connectivity index (χ3n) is 4.40. The third kappa shape index (κ3) is 3.74. The number of nitrogens with zero attached hydrogens (tertiary/aromatic N) is 2. The van der Waals surface area contributed by atoms with Crippen molar-refractivity contribution in [3.8, 4) is 0 Å². The molecule has 0 bridgehead atoms. The first kappa shape index (κ1) is 15.4. The molecule has 1 fully saturated rings. The van der Waals surface area contributed by atoms with Crippen LogP contribution in [0.3, 0.4) is 0 Å². The van der Waals surface area contributed by atoms with Crippen LogP contribution >= 0.6 is 0 Å². The zero-order valence-electron chi connectivity index (χ0n) is 12.6. The lowest BCUT2D eigenvalue weighted by Crippen LogP contribution is -2.42. The maximum atomic E-state index is 12.3. The summed E-state index contributed by atoms with van der Waals surface area (Å²) < 4.78 is 0. The van der Waals surface area contributed by atoms with E-state index in [0.717, 1.165) is 25.1 Å². The van der Waals surface area contributed by atoms with Gasteiger partial charge in [-0.2, -0.15) is 0 Å². The highest BCUT2D eigenvalue weighted by Gasteiger charge is 2.25. The molecule has 2 atom stereocenters. The van der Waals surface area contributed by atoms with Crippen molar-refractivity contribution >= 4 is 11.7 Å². The lowest BCUT2D eigenvalue weighted by Gasteiger charge is -2.35. The molecule has 21 heavy (non-hydrogen) atoms. The van der Waals surface area contributed by atoms with Crippen molar-refractivity contribution < 1.29 is 10.0 Å². The van der Waals surface area contributed by atoms with Crippen LogP contribution in [0.4, 0.5) is 0 Å². The number of carbonyl (C=O) groups excluding carboxylic acids is 1.